The smallest absolute Gasteiger partial charge is 0.361 e. The summed E-state index contributed by atoms with van der Waals surface area (Å²) in [6, 6.07) is 3.35. The van der Waals surface area contributed by atoms with Gasteiger partial charge in [-0.25, -0.2) is 4.79 Å². The van der Waals surface area contributed by atoms with Gasteiger partial charge in [0.05, 0.1) is 24.8 Å². The Bertz CT molecular complexity index is 703. The van der Waals surface area contributed by atoms with E-state index in [1.54, 1.807) is 19.1 Å². The number of hydrogen-bond donors (Lipinski definition) is 1. The van der Waals surface area contributed by atoms with Crippen molar-refractivity contribution in [3.8, 4) is 22.8 Å². The number of H-pyrrole nitrogens is 1. The van der Waals surface area contributed by atoms with Gasteiger partial charge in [0.25, 0.3) is 0 Å². The van der Waals surface area contributed by atoms with Gasteiger partial charge >= 0.3 is 5.97 Å². The minimum atomic E-state index is -0.568. The van der Waals surface area contributed by atoms with E-state index < -0.39 is 5.97 Å². The Kier molecular flexibility index (Phi) is 6.43. The molecule has 0 spiro atoms. The van der Waals surface area contributed by atoms with Gasteiger partial charge in [0.2, 0.25) is 0 Å². The number of halogens is 1. The van der Waals surface area contributed by atoms with Gasteiger partial charge in [0.15, 0.2) is 17.2 Å². The number of nitrogens with one attached hydrogen (secondary N) is 1. The van der Waals surface area contributed by atoms with Gasteiger partial charge in [0.1, 0.15) is 5.69 Å². The van der Waals surface area contributed by atoms with E-state index in [9.17, 15) is 4.79 Å². The van der Waals surface area contributed by atoms with Crippen molar-refractivity contribution in [3.05, 3.63) is 22.8 Å². The number of aromatic nitrogens is 3. The Hall–Kier alpha value is -2.28. The molecule has 2 aromatic rings. The van der Waals surface area contributed by atoms with Gasteiger partial charge in [-0.1, -0.05) is 18.5 Å². The molecule has 0 aliphatic heterocycles. The molecule has 1 aromatic carbocycles. The first-order valence-electron chi connectivity index (χ1n) is 7.79. The van der Waals surface area contributed by atoms with Crippen LogP contribution in [-0.2, 0) is 4.74 Å². The number of nitrogens with zero attached hydrogens (tertiary/aromatic N) is 2. The highest BCUT2D eigenvalue weighted by Crippen LogP contribution is 2.39. The molecule has 0 saturated heterocycles. The molecule has 24 heavy (non-hydrogen) atoms. The lowest BCUT2D eigenvalue weighted by molar-refractivity contribution is 0.0520. The first-order chi connectivity index (χ1) is 11.6. The molecule has 0 fully saturated rings. The minimum Gasteiger partial charge on any atom is -0.490 e. The second-order valence-corrected chi connectivity index (χ2v) is 5.21. The monoisotopic (exact) mass is 353 g/mol. The normalized spacial score (nSPS) is 10.5. The average molecular weight is 354 g/mol. The fourth-order valence-corrected chi connectivity index (χ4v) is 2.31. The number of hydrogen-bond acceptors (Lipinski definition) is 6. The molecule has 2 rings (SSSR count). The summed E-state index contributed by atoms with van der Waals surface area (Å²) in [4.78, 5) is 12.0. The lowest BCUT2D eigenvalue weighted by Crippen LogP contribution is -2.07. The first-order valence-corrected chi connectivity index (χ1v) is 8.17. The Labute approximate surface area is 145 Å². The fourth-order valence-electron chi connectivity index (χ4n) is 2.07. The van der Waals surface area contributed by atoms with Crippen LogP contribution >= 0.6 is 11.6 Å². The molecule has 0 unspecified atom stereocenters. The molecule has 130 valence electrons. The Morgan fingerprint density at radius 3 is 2.54 bits per heavy atom. The van der Waals surface area contributed by atoms with Gasteiger partial charge in [0, 0.05) is 11.6 Å². The van der Waals surface area contributed by atoms with Crippen LogP contribution in [0.2, 0.25) is 5.02 Å². The van der Waals surface area contributed by atoms with E-state index in [2.05, 4.69) is 15.4 Å². The molecule has 0 radical (unpaired) electrons. The third-order valence-corrected chi connectivity index (χ3v) is 3.38. The van der Waals surface area contributed by atoms with Crippen molar-refractivity contribution >= 4 is 17.6 Å². The molecule has 0 atom stereocenters. The van der Waals surface area contributed by atoms with Crippen molar-refractivity contribution < 1.29 is 19.0 Å². The van der Waals surface area contributed by atoms with E-state index in [0.717, 1.165) is 6.42 Å². The van der Waals surface area contributed by atoms with Crippen molar-refractivity contribution in [1.82, 2.24) is 15.4 Å². The predicted molar refractivity (Wildman–Crippen MR) is 89.7 cm³/mol. The third-order valence-electron chi connectivity index (χ3n) is 3.07. The number of esters is 1. The third kappa shape index (κ3) is 3.97. The summed E-state index contributed by atoms with van der Waals surface area (Å²) >= 11 is 6.36. The van der Waals surface area contributed by atoms with Gasteiger partial charge in [-0.05, 0) is 26.3 Å². The summed E-state index contributed by atoms with van der Waals surface area (Å²) < 4.78 is 16.3. The van der Waals surface area contributed by atoms with Crippen LogP contribution in [0.15, 0.2) is 12.1 Å². The van der Waals surface area contributed by atoms with Crippen LogP contribution < -0.4 is 9.47 Å². The summed E-state index contributed by atoms with van der Waals surface area (Å²) in [6.07, 6.45) is 0.862. The van der Waals surface area contributed by atoms with Crippen LogP contribution in [0, 0.1) is 0 Å². The summed E-state index contributed by atoms with van der Waals surface area (Å²) in [5, 5.41) is 10.7. The highest BCUT2D eigenvalue weighted by Gasteiger charge is 2.23. The van der Waals surface area contributed by atoms with Crippen molar-refractivity contribution in [2.24, 2.45) is 0 Å². The number of carbonyl (C=O) groups excluding carboxylic acids is 1. The zero-order valence-electron chi connectivity index (χ0n) is 13.9. The summed E-state index contributed by atoms with van der Waals surface area (Å²) in [6.45, 7) is 6.86. The molecule has 7 nitrogen and oxygen atoms in total. The molecular weight excluding hydrogens is 334 g/mol. The summed E-state index contributed by atoms with van der Waals surface area (Å²) in [5.41, 5.74) is 0.894. The van der Waals surface area contributed by atoms with E-state index >= 15 is 0 Å². The Balaban J connectivity index is 2.46. The summed E-state index contributed by atoms with van der Waals surface area (Å²) in [7, 11) is 0. The lowest BCUT2D eigenvalue weighted by Gasteiger charge is -2.14. The van der Waals surface area contributed by atoms with E-state index in [1.807, 2.05) is 13.8 Å². The van der Waals surface area contributed by atoms with Crippen LogP contribution in [0.1, 0.15) is 37.7 Å². The quantitative estimate of drug-likeness (QED) is 0.731. The van der Waals surface area contributed by atoms with E-state index in [0.29, 0.717) is 41.0 Å². The number of carbonyl (C=O) groups is 1. The molecular formula is C16H20ClN3O4. The number of rotatable bonds is 8. The van der Waals surface area contributed by atoms with E-state index in [-0.39, 0.29) is 12.3 Å². The number of ether oxygens (including phenoxy) is 3. The van der Waals surface area contributed by atoms with Crippen molar-refractivity contribution in [2.45, 2.75) is 27.2 Å². The second kappa shape index (κ2) is 8.54. The van der Waals surface area contributed by atoms with Gasteiger partial charge < -0.3 is 14.2 Å². The van der Waals surface area contributed by atoms with Crippen molar-refractivity contribution in [2.75, 3.05) is 19.8 Å². The zero-order chi connectivity index (χ0) is 17.5. The van der Waals surface area contributed by atoms with Crippen molar-refractivity contribution in [3.63, 3.8) is 0 Å². The largest absolute Gasteiger partial charge is 0.490 e. The maximum absolute atomic E-state index is 12.0. The van der Waals surface area contributed by atoms with Crippen molar-refractivity contribution in [1.29, 1.82) is 0 Å². The molecule has 0 saturated carbocycles. The Morgan fingerprint density at radius 2 is 1.88 bits per heavy atom. The SMILES string of the molecule is CCCOc1cc(Cl)c(-c2n[nH]nc2C(=O)OCC)cc1OCC. The van der Waals surface area contributed by atoms with Crippen LogP contribution in [0.25, 0.3) is 11.3 Å². The number of aromatic amines is 1. The van der Waals surface area contributed by atoms with Crippen LogP contribution in [0.3, 0.4) is 0 Å². The Morgan fingerprint density at radius 1 is 1.12 bits per heavy atom. The number of benzene rings is 1. The van der Waals surface area contributed by atoms with Crippen LogP contribution in [0.4, 0.5) is 0 Å². The maximum Gasteiger partial charge on any atom is 0.361 e. The predicted octanol–water partition coefficient (Wildman–Crippen LogP) is 3.49. The molecule has 0 amide bonds. The lowest BCUT2D eigenvalue weighted by atomic mass is 10.1. The molecule has 1 aromatic heterocycles. The van der Waals surface area contributed by atoms with E-state index in [4.69, 9.17) is 25.8 Å². The standard InChI is InChI=1S/C16H20ClN3O4/c1-4-7-24-13-9-11(17)10(8-12(13)22-5-2)14-15(19-20-18-14)16(21)23-6-3/h8-9H,4-7H2,1-3H3,(H,18,19,20). The highest BCUT2D eigenvalue weighted by molar-refractivity contribution is 6.33. The topological polar surface area (TPSA) is 86.3 Å². The van der Waals surface area contributed by atoms with Crippen LogP contribution in [-0.4, -0.2) is 41.2 Å². The van der Waals surface area contributed by atoms with Crippen LogP contribution in [0.5, 0.6) is 11.5 Å². The molecule has 0 bridgehead atoms. The maximum atomic E-state index is 12.0. The van der Waals surface area contributed by atoms with Gasteiger partial charge in [-0.15, -0.1) is 5.10 Å². The molecule has 0 aliphatic carbocycles. The second-order valence-electron chi connectivity index (χ2n) is 4.80. The molecule has 1 N–H and O–H groups in total. The van der Waals surface area contributed by atoms with Gasteiger partial charge in [-0.3, -0.25) is 0 Å². The average Bonchev–Trinajstić information content (AvgIpc) is 3.04. The first kappa shape index (κ1) is 18.1. The summed E-state index contributed by atoms with van der Waals surface area (Å²) in [5.74, 6) is 0.512. The molecule has 8 heteroatoms. The van der Waals surface area contributed by atoms with E-state index in [1.165, 1.54) is 0 Å². The zero-order valence-corrected chi connectivity index (χ0v) is 14.6. The van der Waals surface area contributed by atoms with Gasteiger partial charge in [-0.2, -0.15) is 10.3 Å². The fraction of sp³-hybridized carbons (Fsp3) is 0.438. The molecule has 1 heterocycles. The minimum absolute atomic E-state index is 0.0726. The highest BCUT2D eigenvalue weighted by atomic mass is 35.5. The molecule has 0 aliphatic rings.